The van der Waals surface area contributed by atoms with Gasteiger partial charge in [-0.05, 0) is 54.8 Å². The van der Waals surface area contributed by atoms with Crippen molar-refractivity contribution in [2.45, 2.75) is 44.7 Å². The Bertz CT molecular complexity index is 1420. The predicted octanol–water partition coefficient (Wildman–Crippen LogP) is 6.53. The van der Waals surface area contributed by atoms with Crippen molar-refractivity contribution < 1.29 is 18.0 Å². The molecule has 0 aliphatic carbocycles. The third-order valence-electron chi connectivity index (χ3n) is 6.17. The smallest absolute Gasteiger partial charge is 0.264 e. The Hall–Kier alpha value is -2.59. The average molecular weight is 669 g/mol. The van der Waals surface area contributed by atoms with Gasteiger partial charge in [0.1, 0.15) is 12.6 Å². The summed E-state index contributed by atoms with van der Waals surface area (Å²) in [6, 6.07) is 18.7. The number of rotatable bonds is 12. The number of hydrogen-bond donors (Lipinski definition) is 1. The highest BCUT2D eigenvalue weighted by molar-refractivity contribution is 9.10. The molecule has 0 unspecified atom stereocenters. The van der Waals surface area contributed by atoms with E-state index in [0.717, 1.165) is 4.31 Å². The van der Waals surface area contributed by atoms with Crippen molar-refractivity contribution in [3.05, 3.63) is 92.9 Å². The number of hydrogen-bond acceptors (Lipinski definition) is 4. The van der Waals surface area contributed by atoms with Crippen LogP contribution in [0.3, 0.4) is 0 Å². The zero-order chi connectivity index (χ0) is 29.4. The van der Waals surface area contributed by atoms with Crippen molar-refractivity contribution >= 4 is 66.7 Å². The van der Waals surface area contributed by atoms with E-state index in [0.29, 0.717) is 38.7 Å². The van der Waals surface area contributed by atoms with Crippen molar-refractivity contribution in [3.8, 4) is 0 Å². The van der Waals surface area contributed by atoms with Gasteiger partial charge in [0.15, 0.2) is 0 Å². The summed E-state index contributed by atoms with van der Waals surface area (Å²) in [5.74, 6) is -0.721. The third kappa shape index (κ3) is 8.00. The molecule has 0 spiro atoms. The molecule has 0 saturated carbocycles. The van der Waals surface area contributed by atoms with E-state index in [1.54, 1.807) is 67.6 Å². The lowest BCUT2D eigenvalue weighted by atomic mass is 10.1. The quantitative estimate of drug-likeness (QED) is 0.238. The minimum Gasteiger partial charge on any atom is -0.354 e. The molecule has 1 N–H and O–H groups in total. The van der Waals surface area contributed by atoms with Gasteiger partial charge in [-0.25, -0.2) is 8.42 Å². The SMILES string of the molecule is CC[C@@H](C(=O)NCC(C)C)N(Cc1c(Cl)cccc1Cl)C(=O)CN(c1cccc(Br)c1)S(=O)(=O)c1ccccc1. The van der Waals surface area contributed by atoms with E-state index in [-0.39, 0.29) is 23.3 Å². The minimum atomic E-state index is -4.15. The number of nitrogens with one attached hydrogen (secondary N) is 1. The molecule has 3 aromatic carbocycles. The predicted molar refractivity (Wildman–Crippen MR) is 164 cm³/mol. The lowest BCUT2D eigenvalue weighted by Crippen LogP contribution is -2.52. The Morgan fingerprint density at radius 1 is 0.950 bits per heavy atom. The van der Waals surface area contributed by atoms with Gasteiger partial charge in [-0.1, -0.05) is 90.2 Å². The van der Waals surface area contributed by atoms with Crippen LogP contribution in [0.1, 0.15) is 32.8 Å². The van der Waals surface area contributed by atoms with E-state index in [1.165, 1.54) is 17.0 Å². The molecule has 40 heavy (non-hydrogen) atoms. The second-order valence-corrected chi connectivity index (χ2v) is 13.2. The monoisotopic (exact) mass is 667 g/mol. The summed E-state index contributed by atoms with van der Waals surface area (Å²) in [7, 11) is -4.15. The van der Waals surface area contributed by atoms with Crippen LogP contribution in [0.5, 0.6) is 0 Å². The number of anilines is 1. The fourth-order valence-corrected chi connectivity index (χ4v) is 6.41. The Kier molecular flexibility index (Phi) is 11.5. The Balaban J connectivity index is 2.08. The molecule has 0 aliphatic rings. The van der Waals surface area contributed by atoms with Gasteiger partial charge in [-0.15, -0.1) is 0 Å². The van der Waals surface area contributed by atoms with Crippen molar-refractivity contribution in [1.29, 1.82) is 0 Å². The number of amides is 2. The van der Waals surface area contributed by atoms with E-state index in [9.17, 15) is 18.0 Å². The highest BCUT2D eigenvalue weighted by Crippen LogP contribution is 2.29. The van der Waals surface area contributed by atoms with E-state index in [2.05, 4.69) is 21.2 Å². The molecule has 0 saturated heterocycles. The number of halogens is 3. The standard InChI is InChI=1S/C29H32BrCl2N3O4S/c1-4-27(29(37)33-17-20(2)3)34(18-24-25(31)14-9-15-26(24)32)28(36)19-35(22-11-8-10-21(30)16-22)40(38,39)23-12-6-5-7-13-23/h5-16,20,27H,4,17-19H2,1-3H3,(H,33,37)/t27-/m0/s1. The van der Waals surface area contributed by atoms with Crippen LogP contribution in [0.25, 0.3) is 0 Å². The molecule has 7 nitrogen and oxygen atoms in total. The summed E-state index contributed by atoms with van der Waals surface area (Å²) in [5.41, 5.74) is 0.758. The molecule has 0 aliphatic heterocycles. The number of carbonyl (C=O) groups excluding carboxylic acids is 2. The molecule has 2 amide bonds. The van der Waals surface area contributed by atoms with Gasteiger partial charge in [0.05, 0.1) is 10.6 Å². The fraction of sp³-hybridized carbons (Fsp3) is 0.310. The minimum absolute atomic E-state index is 0.0326. The first kappa shape index (κ1) is 31.9. The second-order valence-electron chi connectivity index (χ2n) is 9.59. The second kappa shape index (κ2) is 14.3. The van der Waals surface area contributed by atoms with Crippen LogP contribution in [0.15, 0.2) is 82.2 Å². The molecule has 0 bridgehead atoms. The first-order chi connectivity index (χ1) is 18.9. The maximum Gasteiger partial charge on any atom is 0.264 e. The van der Waals surface area contributed by atoms with Gasteiger partial charge in [-0.2, -0.15) is 0 Å². The lowest BCUT2D eigenvalue weighted by molar-refractivity contribution is -0.140. The van der Waals surface area contributed by atoms with Crippen molar-refractivity contribution in [1.82, 2.24) is 10.2 Å². The maximum absolute atomic E-state index is 14.1. The molecule has 3 rings (SSSR count). The first-order valence-electron chi connectivity index (χ1n) is 12.8. The van der Waals surface area contributed by atoms with Crippen LogP contribution >= 0.6 is 39.1 Å². The summed E-state index contributed by atoms with van der Waals surface area (Å²) in [6.45, 7) is 5.53. The summed E-state index contributed by atoms with van der Waals surface area (Å²) in [4.78, 5) is 28.8. The number of benzene rings is 3. The van der Waals surface area contributed by atoms with Crippen molar-refractivity contribution in [2.24, 2.45) is 5.92 Å². The average Bonchev–Trinajstić information content (AvgIpc) is 2.92. The molecule has 1 atom stereocenters. The number of nitrogens with zero attached hydrogens (tertiary/aromatic N) is 2. The van der Waals surface area contributed by atoms with Crippen LogP contribution < -0.4 is 9.62 Å². The van der Waals surface area contributed by atoms with Crippen LogP contribution in [-0.4, -0.2) is 44.3 Å². The zero-order valence-electron chi connectivity index (χ0n) is 22.5. The van der Waals surface area contributed by atoms with E-state index < -0.39 is 28.5 Å². The molecule has 0 radical (unpaired) electrons. The van der Waals surface area contributed by atoms with Crippen molar-refractivity contribution in [2.75, 3.05) is 17.4 Å². The molecular formula is C29H32BrCl2N3O4S. The Morgan fingerprint density at radius 3 is 2.15 bits per heavy atom. The molecule has 0 fully saturated rings. The van der Waals surface area contributed by atoms with Crippen molar-refractivity contribution in [3.63, 3.8) is 0 Å². The number of carbonyl (C=O) groups is 2. The molecule has 0 aromatic heterocycles. The maximum atomic E-state index is 14.1. The normalized spacial score (nSPS) is 12.2. The van der Waals surface area contributed by atoms with E-state index >= 15 is 0 Å². The van der Waals surface area contributed by atoms with Gasteiger partial charge in [0, 0.05) is 33.2 Å². The van der Waals surface area contributed by atoms with Crippen LogP contribution in [0, 0.1) is 5.92 Å². The van der Waals surface area contributed by atoms with Crippen LogP contribution in [0.4, 0.5) is 5.69 Å². The van der Waals surface area contributed by atoms with Gasteiger partial charge < -0.3 is 10.2 Å². The van der Waals surface area contributed by atoms with Gasteiger partial charge in [-0.3, -0.25) is 13.9 Å². The molecular weight excluding hydrogens is 637 g/mol. The summed E-state index contributed by atoms with van der Waals surface area (Å²) in [6.07, 6.45) is 0.292. The molecule has 214 valence electrons. The first-order valence-corrected chi connectivity index (χ1v) is 15.8. The molecule has 0 heterocycles. The summed E-state index contributed by atoms with van der Waals surface area (Å²) >= 11 is 16.3. The zero-order valence-corrected chi connectivity index (χ0v) is 26.4. The molecule has 11 heteroatoms. The largest absolute Gasteiger partial charge is 0.354 e. The Morgan fingerprint density at radius 2 is 1.57 bits per heavy atom. The topological polar surface area (TPSA) is 86.8 Å². The van der Waals surface area contributed by atoms with Gasteiger partial charge >= 0.3 is 0 Å². The van der Waals surface area contributed by atoms with Gasteiger partial charge in [0.2, 0.25) is 11.8 Å². The number of sulfonamides is 1. The Labute approximate surface area is 254 Å². The van der Waals surface area contributed by atoms with Gasteiger partial charge in [0.25, 0.3) is 10.0 Å². The summed E-state index contributed by atoms with van der Waals surface area (Å²) < 4.78 is 29.4. The van der Waals surface area contributed by atoms with E-state index in [1.807, 2.05) is 13.8 Å². The third-order valence-corrected chi connectivity index (χ3v) is 9.16. The van der Waals surface area contributed by atoms with E-state index in [4.69, 9.17) is 23.2 Å². The fourth-order valence-electron chi connectivity index (χ4n) is 4.08. The van der Waals surface area contributed by atoms with Crippen LogP contribution in [-0.2, 0) is 26.2 Å². The highest BCUT2D eigenvalue weighted by atomic mass is 79.9. The van der Waals surface area contributed by atoms with Crippen LogP contribution in [0.2, 0.25) is 10.0 Å². The molecule has 3 aromatic rings. The highest BCUT2D eigenvalue weighted by Gasteiger charge is 2.34. The summed E-state index contributed by atoms with van der Waals surface area (Å²) in [5, 5.41) is 3.57. The lowest BCUT2D eigenvalue weighted by Gasteiger charge is -2.33.